The fourth-order valence-corrected chi connectivity index (χ4v) is 4.55. The summed E-state index contributed by atoms with van der Waals surface area (Å²) in [6, 6.07) is 19.3. The highest BCUT2D eigenvalue weighted by atomic mass is 16.5. The average molecular weight is 381 g/mol. The van der Waals surface area contributed by atoms with E-state index in [9.17, 15) is 0 Å². The predicted molar refractivity (Wildman–Crippen MR) is 113 cm³/mol. The second kappa shape index (κ2) is 9.08. The van der Waals surface area contributed by atoms with Gasteiger partial charge in [0.1, 0.15) is 5.75 Å². The number of benzene rings is 2. The van der Waals surface area contributed by atoms with Crippen LogP contribution in [0.15, 0.2) is 54.6 Å². The van der Waals surface area contributed by atoms with Gasteiger partial charge in [0.2, 0.25) is 0 Å². The van der Waals surface area contributed by atoms with Crippen LogP contribution >= 0.6 is 0 Å². The Morgan fingerprint density at radius 1 is 0.929 bits per heavy atom. The normalized spacial score (nSPS) is 20.3. The number of hydrogen-bond acceptors (Lipinski definition) is 4. The molecule has 0 atom stereocenters. The summed E-state index contributed by atoms with van der Waals surface area (Å²) in [6.07, 6.45) is 3.49. The van der Waals surface area contributed by atoms with Gasteiger partial charge in [-0.2, -0.15) is 0 Å². The summed E-state index contributed by atoms with van der Waals surface area (Å²) in [6.45, 7) is 7.26. The van der Waals surface area contributed by atoms with Crippen LogP contribution in [0.1, 0.15) is 24.0 Å². The van der Waals surface area contributed by atoms with Crippen LogP contribution in [0.25, 0.3) is 0 Å². The number of methoxy groups -OCH3 is 1. The fourth-order valence-electron chi connectivity index (χ4n) is 4.55. The first kappa shape index (κ1) is 19.4. The van der Waals surface area contributed by atoms with Crippen molar-refractivity contribution in [2.45, 2.75) is 31.3 Å². The van der Waals surface area contributed by atoms with Gasteiger partial charge < -0.3 is 14.4 Å². The zero-order chi connectivity index (χ0) is 19.2. The second-order valence-electron chi connectivity index (χ2n) is 8.12. The Kier molecular flexibility index (Phi) is 6.30. The van der Waals surface area contributed by atoms with E-state index >= 15 is 0 Å². The zero-order valence-electron chi connectivity index (χ0n) is 17.0. The summed E-state index contributed by atoms with van der Waals surface area (Å²) < 4.78 is 11.2. The maximum absolute atomic E-state index is 5.95. The fraction of sp³-hybridized carbons (Fsp3) is 0.500. The molecule has 4 nitrogen and oxygen atoms in total. The van der Waals surface area contributed by atoms with Gasteiger partial charge in [0.15, 0.2) is 0 Å². The lowest BCUT2D eigenvalue weighted by molar-refractivity contribution is -0.0987. The van der Waals surface area contributed by atoms with Crippen molar-refractivity contribution in [1.29, 1.82) is 0 Å². The largest absolute Gasteiger partial charge is 0.497 e. The van der Waals surface area contributed by atoms with E-state index in [1.165, 1.54) is 24.0 Å². The highest BCUT2D eigenvalue weighted by Crippen LogP contribution is 2.33. The van der Waals surface area contributed by atoms with Gasteiger partial charge in [-0.05, 0) is 55.6 Å². The highest BCUT2D eigenvalue weighted by Gasteiger charge is 2.41. The molecule has 4 rings (SSSR count). The Labute approximate surface area is 169 Å². The molecule has 28 heavy (non-hydrogen) atoms. The minimum Gasteiger partial charge on any atom is -0.497 e. The zero-order valence-corrected chi connectivity index (χ0v) is 17.0. The van der Waals surface area contributed by atoms with Gasteiger partial charge in [-0.1, -0.05) is 42.5 Å². The van der Waals surface area contributed by atoms with Crippen LogP contribution in [0.3, 0.4) is 0 Å². The average Bonchev–Trinajstić information content (AvgIpc) is 2.76. The molecule has 0 saturated carbocycles. The summed E-state index contributed by atoms with van der Waals surface area (Å²) in [5, 5.41) is 0. The van der Waals surface area contributed by atoms with Crippen LogP contribution in [0.2, 0.25) is 0 Å². The number of hydrogen-bond donors (Lipinski definition) is 0. The van der Waals surface area contributed by atoms with E-state index < -0.39 is 0 Å². The molecule has 1 spiro atoms. The summed E-state index contributed by atoms with van der Waals surface area (Å²) in [4.78, 5) is 5.30. The van der Waals surface area contributed by atoms with Gasteiger partial charge in [-0.3, -0.25) is 4.90 Å². The van der Waals surface area contributed by atoms with Crippen molar-refractivity contribution in [2.75, 3.05) is 46.5 Å². The summed E-state index contributed by atoms with van der Waals surface area (Å²) in [5.74, 6) is 0.930. The molecule has 2 aliphatic rings. The monoisotopic (exact) mass is 380 g/mol. The molecule has 0 unspecified atom stereocenters. The van der Waals surface area contributed by atoms with Crippen LogP contribution in [0.5, 0.6) is 5.75 Å². The molecule has 2 heterocycles. The van der Waals surface area contributed by atoms with Crippen molar-refractivity contribution >= 4 is 0 Å². The molecule has 2 saturated heterocycles. The lowest BCUT2D eigenvalue weighted by atomic mass is 9.85. The number of morpholine rings is 1. The first-order valence-corrected chi connectivity index (χ1v) is 10.5. The van der Waals surface area contributed by atoms with Crippen LogP contribution in [-0.4, -0.2) is 61.8 Å². The molecular formula is C24H32N2O2. The number of likely N-dealkylation sites (tertiary alicyclic amines) is 1. The molecule has 2 fully saturated rings. The number of ether oxygens (including phenoxy) is 2. The minimum absolute atomic E-state index is 0.213. The minimum atomic E-state index is 0.213. The van der Waals surface area contributed by atoms with Crippen molar-refractivity contribution in [2.24, 2.45) is 0 Å². The molecule has 0 aliphatic carbocycles. The van der Waals surface area contributed by atoms with E-state index in [0.29, 0.717) is 0 Å². The molecule has 4 heteroatoms. The topological polar surface area (TPSA) is 24.9 Å². The first-order valence-electron chi connectivity index (χ1n) is 10.5. The van der Waals surface area contributed by atoms with Crippen molar-refractivity contribution in [3.63, 3.8) is 0 Å². The molecule has 2 aliphatic heterocycles. The van der Waals surface area contributed by atoms with Crippen LogP contribution in [-0.2, 0) is 17.7 Å². The Hall–Kier alpha value is -1.88. The molecule has 0 aromatic heterocycles. The maximum atomic E-state index is 5.95. The van der Waals surface area contributed by atoms with Gasteiger partial charge in [-0.25, -0.2) is 0 Å². The van der Waals surface area contributed by atoms with Crippen molar-refractivity contribution < 1.29 is 9.47 Å². The quantitative estimate of drug-likeness (QED) is 0.764. The van der Waals surface area contributed by atoms with Crippen LogP contribution < -0.4 is 4.74 Å². The van der Waals surface area contributed by atoms with Crippen molar-refractivity contribution in [3.8, 4) is 5.75 Å². The number of piperidine rings is 1. The second-order valence-corrected chi connectivity index (χ2v) is 8.12. The Balaban J connectivity index is 1.32. The van der Waals surface area contributed by atoms with Gasteiger partial charge in [-0.15, -0.1) is 0 Å². The van der Waals surface area contributed by atoms with Gasteiger partial charge in [0.25, 0.3) is 0 Å². The van der Waals surface area contributed by atoms with E-state index in [1.807, 2.05) is 0 Å². The highest BCUT2D eigenvalue weighted by molar-refractivity contribution is 5.27. The number of nitrogens with zero attached hydrogens (tertiary/aromatic N) is 2. The van der Waals surface area contributed by atoms with Crippen molar-refractivity contribution in [1.82, 2.24) is 9.80 Å². The Bertz CT molecular complexity index is 724. The van der Waals surface area contributed by atoms with Crippen LogP contribution in [0, 0.1) is 0 Å². The molecule has 2 aromatic carbocycles. The molecule has 0 bridgehead atoms. The molecule has 150 valence electrons. The molecule has 0 N–H and O–H groups in total. The third-order valence-corrected chi connectivity index (χ3v) is 6.43. The third-order valence-electron chi connectivity index (χ3n) is 6.43. The third kappa shape index (κ3) is 4.57. The first-order chi connectivity index (χ1) is 13.8. The van der Waals surface area contributed by atoms with E-state index in [0.717, 1.165) is 58.1 Å². The Morgan fingerprint density at radius 2 is 1.68 bits per heavy atom. The smallest absolute Gasteiger partial charge is 0.118 e. The van der Waals surface area contributed by atoms with Gasteiger partial charge in [0.05, 0.1) is 20.3 Å². The molecule has 2 aromatic rings. The van der Waals surface area contributed by atoms with E-state index in [4.69, 9.17) is 9.47 Å². The van der Waals surface area contributed by atoms with Crippen LogP contribution in [0.4, 0.5) is 0 Å². The van der Waals surface area contributed by atoms with Gasteiger partial charge in [0, 0.05) is 25.2 Å². The molecule has 0 amide bonds. The lowest BCUT2D eigenvalue weighted by Gasteiger charge is -2.51. The molecule has 0 radical (unpaired) electrons. The summed E-state index contributed by atoms with van der Waals surface area (Å²) in [7, 11) is 1.72. The van der Waals surface area contributed by atoms with E-state index in [1.54, 1.807) is 7.11 Å². The predicted octanol–water partition coefficient (Wildman–Crippen LogP) is 3.60. The standard InChI is InChI=1S/C24H32N2O2/c1-27-23-9-7-21(8-10-23)11-14-25-15-12-24(13-16-25)20-28-18-17-26(24)19-22-5-3-2-4-6-22/h2-10H,11-20H2,1H3. The Morgan fingerprint density at radius 3 is 2.39 bits per heavy atom. The van der Waals surface area contributed by atoms with Crippen molar-refractivity contribution in [3.05, 3.63) is 65.7 Å². The van der Waals surface area contributed by atoms with Gasteiger partial charge >= 0.3 is 0 Å². The molecular weight excluding hydrogens is 348 g/mol. The lowest BCUT2D eigenvalue weighted by Crippen LogP contribution is -2.61. The number of rotatable bonds is 6. The maximum Gasteiger partial charge on any atom is 0.118 e. The van der Waals surface area contributed by atoms with E-state index in [-0.39, 0.29) is 5.54 Å². The van der Waals surface area contributed by atoms with E-state index in [2.05, 4.69) is 64.4 Å². The SMILES string of the molecule is COc1ccc(CCN2CCC3(CC2)COCCN3Cc2ccccc2)cc1. The summed E-state index contributed by atoms with van der Waals surface area (Å²) in [5.41, 5.74) is 3.00. The summed E-state index contributed by atoms with van der Waals surface area (Å²) >= 11 is 0.